The van der Waals surface area contributed by atoms with Gasteiger partial charge in [0.25, 0.3) is 5.91 Å². The molecule has 2 heterocycles. The molecule has 0 aliphatic rings. The lowest BCUT2D eigenvalue weighted by Crippen LogP contribution is -2.10. The Morgan fingerprint density at radius 2 is 2.00 bits per heavy atom. The number of aromatic nitrogens is 1. The van der Waals surface area contributed by atoms with E-state index in [1.54, 1.807) is 24.5 Å². The molecule has 3 aromatic rings. The summed E-state index contributed by atoms with van der Waals surface area (Å²) in [5.41, 5.74) is 2.81. The van der Waals surface area contributed by atoms with Gasteiger partial charge in [-0.15, -0.1) is 11.3 Å². The molecule has 1 amide bonds. The van der Waals surface area contributed by atoms with E-state index in [0.717, 1.165) is 22.6 Å². The van der Waals surface area contributed by atoms with Gasteiger partial charge in [0.15, 0.2) is 0 Å². The normalized spacial score (nSPS) is 10.3. The van der Waals surface area contributed by atoms with Gasteiger partial charge in [-0.25, -0.2) is 0 Å². The number of nitrogens with zero attached hydrogens (tertiary/aromatic N) is 1. The molecular weight excluding hydrogens is 308 g/mol. The second kappa shape index (κ2) is 7.07. The van der Waals surface area contributed by atoms with Crippen molar-refractivity contribution in [3.8, 4) is 5.75 Å². The van der Waals surface area contributed by atoms with Crippen LogP contribution in [0.1, 0.15) is 20.8 Å². The summed E-state index contributed by atoms with van der Waals surface area (Å²) in [7, 11) is 0. The lowest BCUT2D eigenvalue weighted by Gasteiger charge is -2.07. The van der Waals surface area contributed by atoms with Crippen molar-refractivity contribution in [2.75, 3.05) is 5.32 Å². The highest BCUT2D eigenvalue weighted by Gasteiger charge is 2.10. The van der Waals surface area contributed by atoms with Gasteiger partial charge in [0.1, 0.15) is 12.4 Å². The van der Waals surface area contributed by atoms with Gasteiger partial charge < -0.3 is 10.1 Å². The Balaban J connectivity index is 1.62. The minimum absolute atomic E-state index is 0.122. The number of para-hydroxylation sites is 1. The molecule has 0 radical (unpaired) electrons. The summed E-state index contributed by atoms with van der Waals surface area (Å²) in [4.78, 5) is 16.8. The molecule has 0 saturated carbocycles. The molecule has 0 saturated heterocycles. The molecule has 116 valence electrons. The van der Waals surface area contributed by atoms with E-state index in [9.17, 15) is 4.79 Å². The standard InChI is InChI=1S/C18H16N2O2S/c1-13-4-2-3-5-16(13)22-11-14-10-17(23-12-14)18(21)20-15-6-8-19-9-7-15/h2-10,12H,11H2,1H3,(H,19,20,21). The smallest absolute Gasteiger partial charge is 0.265 e. The van der Waals surface area contributed by atoms with Gasteiger partial charge in [-0.05, 0) is 42.1 Å². The second-order valence-electron chi connectivity index (χ2n) is 5.06. The lowest BCUT2D eigenvalue weighted by molar-refractivity contribution is 0.103. The molecule has 0 unspecified atom stereocenters. The number of aryl methyl sites for hydroxylation is 1. The highest BCUT2D eigenvalue weighted by atomic mass is 32.1. The van der Waals surface area contributed by atoms with Crippen LogP contribution in [0.4, 0.5) is 5.69 Å². The molecule has 2 aromatic heterocycles. The molecule has 0 bridgehead atoms. The third kappa shape index (κ3) is 3.96. The van der Waals surface area contributed by atoms with Crippen LogP contribution in [-0.2, 0) is 6.61 Å². The van der Waals surface area contributed by atoms with Crippen molar-refractivity contribution in [3.63, 3.8) is 0 Å². The van der Waals surface area contributed by atoms with Crippen molar-refractivity contribution in [3.05, 3.63) is 76.2 Å². The molecule has 3 rings (SSSR count). The van der Waals surface area contributed by atoms with E-state index in [-0.39, 0.29) is 5.91 Å². The average molecular weight is 324 g/mol. The van der Waals surface area contributed by atoms with Crippen molar-refractivity contribution in [1.29, 1.82) is 0 Å². The summed E-state index contributed by atoms with van der Waals surface area (Å²) in [6, 6.07) is 13.3. The number of pyridine rings is 1. The molecule has 4 nitrogen and oxygen atoms in total. The Bertz CT molecular complexity index is 800. The largest absolute Gasteiger partial charge is 0.489 e. The number of carbonyl (C=O) groups excluding carboxylic acids is 1. The van der Waals surface area contributed by atoms with E-state index in [0.29, 0.717) is 11.5 Å². The van der Waals surface area contributed by atoms with Gasteiger partial charge in [-0.2, -0.15) is 0 Å². The summed E-state index contributed by atoms with van der Waals surface area (Å²) in [6.07, 6.45) is 3.29. The van der Waals surface area contributed by atoms with E-state index >= 15 is 0 Å². The maximum Gasteiger partial charge on any atom is 0.265 e. The summed E-state index contributed by atoms with van der Waals surface area (Å²) >= 11 is 1.41. The van der Waals surface area contributed by atoms with Gasteiger partial charge in [-0.3, -0.25) is 9.78 Å². The number of nitrogens with one attached hydrogen (secondary N) is 1. The topological polar surface area (TPSA) is 51.2 Å². The third-order valence-corrected chi connectivity index (χ3v) is 4.28. The first kappa shape index (κ1) is 15.2. The molecule has 0 aliphatic heterocycles. The van der Waals surface area contributed by atoms with Crippen LogP contribution in [0.15, 0.2) is 60.2 Å². The van der Waals surface area contributed by atoms with E-state index < -0.39 is 0 Å². The predicted molar refractivity (Wildman–Crippen MR) is 92.0 cm³/mol. The fourth-order valence-corrected chi connectivity index (χ4v) is 2.87. The summed E-state index contributed by atoms with van der Waals surface area (Å²) < 4.78 is 5.80. The van der Waals surface area contributed by atoms with Crippen molar-refractivity contribution in [2.24, 2.45) is 0 Å². The second-order valence-corrected chi connectivity index (χ2v) is 5.97. The first-order valence-corrected chi connectivity index (χ1v) is 8.07. The first-order valence-electron chi connectivity index (χ1n) is 7.19. The van der Waals surface area contributed by atoms with E-state index in [2.05, 4.69) is 10.3 Å². The van der Waals surface area contributed by atoms with Crippen LogP contribution in [-0.4, -0.2) is 10.9 Å². The molecule has 23 heavy (non-hydrogen) atoms. The summed E-state index contributed by atoms with van der Waals surface area (Å²) in [6.45, 7) is 2.46. The van der Waals surface area contributed by atoms with Gasteiger partial charge in [0.2, 0.25) is 0 Å². The predicted octanol–water partition coefficient (Wildman–Crippen LogP) is 4.28. The number of ether oxygens (including phenoxy) is 1. The van der Waals surface area contributed by atoms with E-state index in [1.165, 1.54) is 11.3 Å². The van der Waals surface area contributed by atoms with Crippen LogP contribution in [0, 0.1) is 6.92 Å². The van der Waals surface area contributed by atoms with Gasteiger partial charge >= 0.3 is 0 Å². The Morgan fingerprint density at radius 1 is 1.22 bits per heavy atom. The number of rotatable bonds is 5. The Kier molecular flexibility index (Phi) is 4.68. The first-order chi connectivity index (χ1) is 11.2. The monoisotopic (exact) mass is 324 g/mol. The van der Waals surface area contributed by atoms with Crippen molar-refractivity contribution < 1.29 is 9.53 Å². The average Bonchev–Trinajstić information content (AvgIpc) is 3.04. The molecule has 0 spiro atoms. The van der Waals surface area contributed by atoms with Crippen LogP contribution in [0.25, 0.3) is 0 Å². The minimum atomic E-state index is -0.122. The molecule has 0 fully saturated rings. The number of thiophene rings is 1. The van der Waals surface area contributed by atoms with Crippen LogP contribution in [0.3, 0.4) is 0 Å². The van der Waals surface area contributed by atoms with Gasteiger partial charge in [0, 0.05) is 23.6 Å². The van der Waals surface area contributed by atoms with Crippen molar-refractivity contribution in [2.45, 2.75) is 13.5 Å². The number of benzene rings is 1. The van der Waals surface area contributed by atoms with E-state index in [1.807, 2.05) is 42.6 Å². The SMILES string of the molecule is Cc1ccccc1OCc1csc(C(=O)Nc2ccncc2)c1. The molecule has 5 heteroatoms. The van der Waals surface area contributed by atoms with Crippen LogP contribution < -0.4 is 10.1 Å². The van der Waals surface area contributed by atoms with Crippen LogP contribution in [0.5, 0.6) is 5.75 Å². The molecular formula is C18H16N2O2S. The van der Waals surface area contributed by atoms with Gasteiger partial charge in [0.05, 0.1) is 4.88 Å². The zero-order chi connectivity index (χ0) is 16.1. The molecule has 0 aliphatic carbocycles. The fraction of sp³-hybridized carbons (Fsp3) is 0.111. The van der Waals surface area contributed by atoms with Crippen molar-refractivity contribution >= 4 is 22.9 Å². The number of anilines is 1. The number of amides is 1. The fourth-order valence-electron chi connectivity index (χ4n) is 2.08. The lowest BCUT2D eigenvalue weighted by atomic mass is 10.2. The third-order valence-electron chi connectivity index (χ3n) is 3.30. The minimum Gasteiger partial charge on any atom is -0.489 e. The molecule has 0 atom stereocenters. The maximum atomic E-state index is 12.2. The highest BCUT2D eigenvalue weighted by Crippen LogP contribution is 2.21. The number of carbonyl (C=O) groups is 1. The molecule has 1 aromatic carbocycles. The summed E-state index contributed by atoms with van der Waals surface area (Å²) in [5.74, 6) is 0.741. The Hall–Kier alpha value is -2.66. The van der Waals surface area contributed by atoms with Crippen molar-refractivity contribution in [1.82, 2.24) is 4.98 Å². The zero-order valence-corrected chi connectivity index (χ0v) is 13.5. The molecule has 1 N–H and O–H groups in total. The Morgan fingerprint density at radius 3 is 2.78 bits per heavy atom. The van der Waals surface area contributed by atoms with Crippen LogP contribution in [0.2, 0.25) is 0 Å². The number of hydrogen-bond donors (Lipinski definition) is 1. The summed E-state index contributed by atoms with van der Waals surface area (Å²) in [5, 5.41) is 4.79. The quantitative estimate of drug-likeness (QED) is 0.762. The maximum absolute atomic E-state index is 12.2. The number of hydrogen-bond acceptors (Lipinski definition) is 4. The van der Waals surface area contributed by atoms with E-state index in [4.69, 9.17) is 4.74 Å². The Labute approximate surface area is 138 Å². The van der Waals surface area contributed by atoms with Gasteiger partial charge in [-0.1, -0.05) is 18.2 Å². The van der Waals surface area contributed by atoms with Crippen LogP contribution >= 0.6 is 11.3 Å². The highest BCUT2D eigenvalue weighted by molar-refractivity contribution is 7.12. The zero-order valence-electron chi connectivity index (χ0n) is 12.7.